The standard InChI is InChI=1S/C15H19N5O5S3/c1-2-13(21)16-14-17-18-15(26-14)27(22,23)19-11-5-7-12(8-6-11)28(24,25)20-9-3-4-10-20/h5-8,19H,2-4,9-10H2,1H3,(H,16,17,21). The van der Waals surface area contributed by atoms with Crippen LogP contribution < -0.4 is 10.0 Å². The van der Waals surface area contributed by atoms with Crippen LogP contribution in [-0.4, -0.2) is 50.3 Å². The van der Waals surface area contributed by atoms with Crippen LogP contribution in [0.25, 0.3) is 0 Å². The molecule has 1 aliphatic heterocycles. The van der Waals surface area contributed by atoms with Gasteiger partial charge in [-0.2, -0.15) is 12.7 Å². The quantitative estimate of drug-likeness (QED) is 0.615. The summed E-state index contributed by atoms with van der Waals surface area (Å²) in [7, 11) is -7.58. The molecular weight excluding hydrogens is 426 g/mol. The Balaban J connectivity index is 1.73. The number of hydrogen-bond acceptors (Lipinski definition) is 8. The van der Waals surface area contributed by atoms with E-state index < -0.39 is 20.0 Å². The first-order valence-electron chi connectivity index (χ1n) is 8.49. The maximum atomic E-state index is 12.5. The molecule has 2 heterocycles. The van der Waals surface area contributed by atoms with Crippen molar-refractivity contribution >= 4 is 48.1 Å². The van der Waals surface area contributed by atoms with Crippen LogP contribution in [0.4, 0.5) is 10.8 Å². The summed E-state index contributed by atoms with van der Waals surface area (Å²) in [5, 5.41) is 9.74. The summed E-state index contributed by atoms with van der Waals surface area (Å²) in [5.74, 6) is -0.303. The SMILES string of the molecule is CCC(=O)Nc1nnc(S(=O)(=O)Nc2ccc(S(=O)(=O)N3CCCC3)cc2)s1. The van der Waals surface area contributed by atoms with E-state index in [2.05, 4.69) is 20.2 Å². The van der Waals surface area contributed by atoms with Crippen molar-refractivity contribution in [3.63, 3.8) is 0 Å². The van der Waals surface area contributed by atoms with Crippen LogP contribution in [-0.2, 0) is 24.8 Å². The van der Waals surface area contributed by atoms with E-state index in [1.54, 1.807) is 6.92 Å². The molecule has 0 saturated carbocycles. The summed E-state index contributed by atoms with van der Waals surface area (Å²) in [4.78, 5) is 11.5. The van der Waals surface area contributed by atoms with E-state index in [9.17, 15) is 21.6 Å². The van der Waals surface area contributed by atoms with E-state index >= 15 is 0 Å². The molecule has 0 bridgehead atoms. The zero-order valence-electron chi connectivity index (χ0n) is 15.0. The second-order valence-corrected chi connectivity index (χ2v) is 10.8. The maximum Gasteiger partial charge on any atom is 0.291 e. The lowest BCUT2D eigenvalue weighted by atomic mass is 10.3. The molecule has 1 fully saturated rings. The van der Waals surface area contributed by atoms with Gasteiger partial charge in [0.25, 0.3) is 14.4 Å². The van der Waals surface area contributed by atoms with Gasteiger partial charge in [-0.1, -0.05) is 18.3 Å². The lowest BCUT2D eigenvalue weighted by Gasteiger charge is -2.15. The maximum absolute atomic E-state index is 12.5. The molecule has 1 amide bonds. The smallest absolute Gasteiger partial charge is 0.291 e. The summed E-state index contributed by atoms with van der Waals surface area (Å²) in [6.45, 7) is 2.64. The van der Waals surface area contributed by atoms with Crippen molar-refractivity contribution in [2.45, 2.75) is 35.4 Å². The molecule has 2 N–H and O–H groups in total. The molecule has 3 rings (SSSR count). The first-order chi connectivity index (χ1) is 13.2. The summed E-state index contributed by atoms with van der Waals surface area (Å²) in [6, 6.07) is 5.47. The third kappa shape index (κ3) is 4.48. The van der Waals surface area contributed by atoms with Crippen LogP contribution >= 0.6 is 11.3 Å². The molecule has 0 aliphatic carbocycles. The molecule has 0 unspecified atom stereocenters. The summed E-state index contributed by atoms with van der Waals surface area (Å²) in [5.41, 5.74) is 0.190. The van der Waals surface area contributed by atoms with E-state index in [1.165, 1.54) is 28.6 Å². The first-order valence-corrected chi connectivity index (χ1v) is 12.2. The first kappa shape index (κ1) is 20.6. The Morgan fingerprint density at radius 2 is 1.75 bits per heavy atom. The molecule has 152 valence electrons. The van der Waals surface area contributed by atoms with Gasteiger partial charge in [-0.15, -0.1) is 10.2 Å². The number of aromatic nitrogens is 2. The molecule has 28 heavy (non-hydrogen) atoms. The summed E-state index contributed by atoms with van der Waals surface area (Å²) in [6.07, 6.45) is 1.89. The molecule has 10 nitrogen and oxygen atoms in total. The number of hydrogen-bond donors (Lipinski definition) is 2. The van der Waals surface area contributed by atoms with Gasteiger partial charge in [-0.05, 0) is 37.1 Å². The number of benzene rings is 1. The minimum absolute atomic E-state index is 0.0827. The van der Waals surface area contributed by atoms with Gasteiger partial charge < -0.3 is 5.32 Å². The number of carbonyl (C=O) groups excluding carboxylic acids is 1. The molecule has 0 atom stereocenters. The number of nitrogens with one attached hydrogen (secondary N) is 2. The molecule has 1 aromatic carbocycles. The fourth-order valence-corrected chi connectivity index (χ4v) is 6.04. The largest absolute Gasteiger partial charge is 0.301 e. The van der Waals surface area contributed by atoms with Gasteiger partial charge in [-0.25, -0.2) is 8.42 Å². The molecule has 1 aliphatic rings. The highest BCUT2D eigenvalue weighted by atomic mass is 32.2. The lowest BCUT2D eigenvalue weighted by Crippen LogP contribution is -2.27. The predicted molar refractivity (Wildman–Crippen MR) is 104 cm³/mol. The fraction of sp³-hybridized carbons (Fsp3) is 0.400. The van der Waals surface area contributed by atoms with Gasteiger partial charge in [-0.3, -0.25) is 9.52 Å². The molecule has 2 aromatic rings. The van der Waals surface area contributed by atoms with Gasteiger partial charge in [0.15, 0.2) is 0 Å². The van der Waals surface area contributed by atoms with Crippen molar-refractivity contribution in [3.8, 4) is 0 Å². The molecule has 0 spiro atoms. The molecular formula is C15H19N5O5S3. The highest BCUT2D eigenvalue weighted by molar-refractivity contribution is 7.94. The molecule has 1 saturated heterocycles. The molecule has 13 heteroatoms. The minimum Gasteiger partial charge on any atom is -0.301 e. The van der Waals surface area contributed by atoms with E-state index in [0.29, 0.717) is 13.1 Å². The zero-order valence-corrected chi connectivity index (χ0v) is 17.4. The third-order valence-corrected chi connectivity index (χ3v) is 8.51. The average Bonchev–Trinajstić information content (AvgIpc) is 3.34. The molecule has 0 radical (unpaired) electrons. The van der Waals surface area contributed by atoms with E-state index in [-0.39, 0.29) is 32.4 Å². The Hall–Kier alpha value is -2.09. The van der Waals surface area contributed by atoms with Crippen LogP contribution in [0.3, 0.4) is 0 Å². The van der Waals surface area contributed by atoms with Crippen LogP contribution in [0.1, 0.15) is 26.2 Å². The highest BCUT2D eigenvalue weighted by Gasteiger charge is 2.27. The van der Waals surface area contributed by atoms with Crippen molar-refractivity contribution in [2.75, 3.05) is 23.1 Å². The monoisotopic (exact) mass is 445 g/mol. The Labute approximate surface area is 167 Å². The van der Waals surface area contributed by atoms with Crippen molar-refractivity contribution in [3.05, 3.63) is 24.3 Å². The van der Waals surface area contributed by atoms with Crippen LogP contribution in [0.5, 0.6) is 0 Å². The normalized spacial score (nSPS) is 15.5. The predicted octanol–water partition coefficient (Wildman–Crippen LogP) is 1.47. The lowest BCUT2D eigenvalue weighted by molar-refractivity contribution is -0.115. The topological polar surface area (TPSA) is 138 Å². The summed E-state index contributed by atoms with van der Waals surface area (Å²) < 4.78 is 53.3. The third-order valence-electron chi connectivity index (χ3n) is 4.01. The fourth-order valence-electron chi connectivity index (χ4n) is 2.55. The van der Waals surface area contributed by atoms with Crippen LogP contribution in [0.15, 0.2) is 33.5 Å². The van der Waals surface area contributed by atoms with Gasteiger partial charge in [0, 0.05) is 25.2 Å². The number of sulfonamides is 2. The van der Waals surface area contributed by atoms with Gasteiger partial charge in [0.1, 0.15) is 0 Å². The van der Waals surface area contributed by atoms with Gasteiger partial charge >= 0.3 is 0 Å². The van der Waals surface area contributed by atoms with Gasteiger partial charge in [0.05, 0.1) is 4.90 Å². The second-order valence-electron chi connectivity index (χ2n) is 6.02. The Morgan fingerprint density at radius 3 is 2.36 bits per heavy atom. The summed E-state index contributed by atoms with van der Waals surface area (Å²) >= 11 is 0.720. The van der Waals surface area contributed by atoms with Crippen molar-refractivity contribution in [1.29, 1.82) is 0 Å². The van der Waals surface area contributed by atoms with Crippen molar-refractivity contribution in [2.24, 2.45) is 0 Å². The van der Waals surface area contributed by atoms with Crippen molar-refractivity contribution < 1.29 is 21.6 Å². The Bertz CT molecular complexity index is 1060. The number of rotatable bonds is 7. The number of carbonyl (C=O) groups is 1. The van der Waals surface area contributed by atoms with E-state index in [1.807, 2.05) is 0 Å². The van der Waals surface area contributed by atoms with Crippen LogP contribution in [0.2, 0.25) is 0 Å². The highest BCUT2D eigenvalue weighted by Crippen LogP contribution is 2.25. The number of anilines is 2. The van der Waals surface area contributed by atoms with Crippen LogP contribution in [0, 0.1) is 0 Å². The van der Waals surface area contributed by atoms with E-state index in [0.717, 1.165) is 24.2 Å². The Morgan fingerprint density at radius 1 is 1.11 bits per heavy atom. The van der Waals surface area contributed by atoms with Crippen molar-refractivity contribution in [1.82, 2.24) is 14.5 Å². The molecule has 1 aromatic heterocycles. The van der Waals surface area contributed by atoms with Gasteiger partial charge in [0.2, 0.25) is 21.1 Å². The Kier molecular flexibility index (Phi) is 5.98. The second kappa shape index (κ2) is 8.11. The number of nitrogens with zero attached hydrogens (tertiary/aromatic N) is 3. The number of amides is 1. The van der Waals surface area contributed by atoms with E-state index in [4.69, 9.17) is 0 Å². The zero-order chi connectivity index (χ0) is 20.4. The minimum atomic E-state index is -4.02. The average molecular weight is 446 g/mol.